The van der Waals surface area contributed by atoms with Gasteiger partial charge in [-0.2, -0.15) is 0 Å². The molecule has 1 fully saturated rings. The average molecular weight is 266 g/mol. The number of nitrogens with one attached hydrogen (secondary N) is 2. The minimum absolute atomic E-state index is 0.0632. The summed E-state index contributed by atoms with van der Waals surface area (Å²) < 4.78 is 0. The van der Waals surface area contributed by atoms with Crippen LogP contribution in [0.2, 0.25) is 0 Å². The van der Waals surface area contributed by atoms with Gasteiger partial charge in [-0.05, 0) is 37.8 Å². The van der Waals surface area contributed by atoms with Crippen LogP contribution < -0.4 is 10.6 Å². The summed E-state index contributed by atoms with van der Waals surface area (Å²) in [5.74, 6) is -0.261. The molecule has 2 amide bonds. The van der Waals surface area contributed by atoms with Crippen LogP contribution in [0.5, 0.6) is 0 Å². The van der Waals surface area contributed by atoms with Crippen LogP contribution in [-0.4, -0.2) is 24.4 Å². The van der Waals surface area contributed by atoms with E-state index in [1.807, 2.05) is 13.0 Å². The normalized spacial score (nSPS) is 14.3. The third kappa shape index (κ3) is 3.32. The van der Waals surface area contributed by atoms with Gasteiger partial charge in [-0.25, -0.2) is 0 Å². The first-order valence-corrected chi connectivity index (χ1v) is 7.08. The Hall–Kier alpha value is -1.36. The zero-order valence-corrected chi connectivity index (χ0v) is 11.5. The molecule has 0 unspecified atom stereocenters. The van der Waals surface area contributed by atoms with Crippen LogP contribution in [0.1, 0.15) is 39.9 Å². The van der Waals surface area contributed by atoms with Crippen LogP contribution in [0.4, 0.5) is 0 Å². The molecule has 1 heterocycles. The predicted molar refractivity (Wildman–Crippen MR) is 71.9 cm³/mol. The van der Waals surface area contributed by atoms with Crippen LogP contribution in [0.25, 0.3) is 0 Å². The van der Waals surface area contributed by atoms with Gasteiger partial charge >= 0.3 is 0 Å². The monoisotopic (exact) mass is 266 g/mol. The molecular formula is C13H18N2O2S. The van der Waals surface area contributed by atoms with Gasteiger partial charge in [-0.1, -0.05) is 6.92 Å². The lowest BCUT2D eigenvalue weighted by molar-refractivity contribution is -0.120. The SMILES string of the molecule is CCc1sc(C(=O)NCC(=O)NC2CC2)cc1C. The lowest BCUT2D eigenvalue weighted by Gasteiger charge is -2.04. The Labute approximate surface area is 111 Å². The molecule has 0 saturated heterocycles. The molecule has 18 heavy (non-hydrogen) atoms. The van der Waals surface area contributed by atoms with Crippen LogP contribution >= 0.6 is 11.3 Å². The van der Waals surface area contributed by atoms with Gasteiger partial charge < -0.3 is 10.6 Å². The quantitative estimate of drug-likeness (QED) is 0.851. The van der Waals surface area contributed by atoms with E-state index in [2.05, 4.69) is 17.6 Å². The first-order chi connectivity index (χ1) is 8.60. The molecule has 5 heteroatoms. The van der Waals surface area contributed by atoms with Crippen LogP contribution in [0, 0.1) is 6.92 Å². The van der Waals surface area contributed by atoms with Gasteiger partial charge in [0.2, 0.25) is 5.91 Å². The van der Waals surface area contributed by atoms with Gasteiger partial charge in [0.05, 0.1) is 11.4 Å². The Morgan fingerprint density at radius 3 is 2.72 bits per heavy atom. The van der Waals surface area contributed by atoms with E-state index in [9.17, 15) is 9.59 Å². The fourth-order valence-electron chi connectivity index (χ4n) is 1.74. The molecule has 1 aliphatic rings. The van der Waals surface area contributed by atoms with E-state index in [1.165, 1.54) is 16.2 Å². The van der Waals surface area contributed by atoms with E-state index in [-0.39, 0.29) is 18.4 Å². The molecule has 2 rings (SSSR count). The fourth-order valence-corrected chi connectivity index (χ4v) is 2.77. The van der Waals surface area contributed by atoms with Crippen molar-refractivity contribution in [3.05, 3.63) is 21.4 Å². The number of amides is 2. The fraction of sp³-hybridized carbons (Fsp3) is 0.538. The van der Waals surface area contributed by atoms with E-state index in [1.54, 1.807) is 0 Å². The second-order valence-corrected chi connectivity index (χ2v) is 5.73. The number of thiophene rings is 1. The summed E-state index contributed by atoms with van der Waals surface area (Å²) in [4.78, 5) is 25.2. The van der Waals surface area contributed by atoms with Crippen LogP contribution in [0.15, 0.2) is 6.07 Å². The molecule has 0 aromatic carbocycles. The largest absolute Gasteiger partial charge is 0.352 e. The maximum atomic E-state index is 11.9. The van der Waals surface area contributed by atoms with Gasteiger partial charge in [0.25, 0.3) is 5.91 Å². The lowest BCUT2D eigenvalue weighted by Crippen LogP contribution is -2.37. The molecular weight excluding hydrogens is 248 g/mol. The number of carbonyl (C=O) groups excluding carboxylic acids is 2. The Morgan fingerprint density at radius 2 is 2.17 bits per heavy atom. The highest BCUT2D eigenvalue weighted by atomic mass is 32.1. The molecule has 0 spiro atoms. The smallest absolute Gasteiger partial charge is 0.261 e. The Balaban J connectivity index is 1.84. The highest BCUT2D eigenvalue weighted by Crippen LogP contribution is 2.22. The zero-order chi connectivity index (χ0) is 13.1. The number of carbonyl (C=O) groups is 2. The van der Waals surface area contributed by atoms with Crippen LogP contribution in [-0.2, 0) is 11.2 Å². The van der Waals surface area contributed by atoms with Crippen molar-refractivity contribution < 1.29 is 9.59 Å². The minimum Gasteiger partial charge on any atom is -0.352 e. The summed E-state index contributed by atoms with van der Waals surface area (Å²) in [6, 6.07) is 2.22. The molecule has 1 aromatic heterocycles. The summed E-state index contributed by atoms with van der Waals surface area (Å²) >= 11 is 1.50. The highest BCUT2D eigenvalue weighted by molar-refractivity contribution is 7.14. The average Bonchev–Trinajstić information content (AvgIpc) is 3.07. The molecule has 1 saturated carbocycles. The second kappa shape index (κ2) is 5.52. The van der Waals surface area contributed by atoms with E-state index in [0.717, 1.165) is 24.8 Å². The van der Waals surface area contributed by atoms with Gasteiger partial charge in [0.15, 0.2) is 0 Å². The molecule has 98 valence electrons. The molecule has 1 aromatic rings. The Bertz CT molecular complexity index is 464. The van der Waals surface area contributed by atoms with E-state index in [4.69, 9.17) is 0 Å². The van der Waals surface area contributed by atoms with Crippen molar-refractivity contribution in [2.75, 3.05) is 6.54 Å². The third-order valence-corrected chi connectivity index (χ3v) is 4.30. The van der Waals surface area contributed by atoms with Crippen molar-refractivity contribution in [1.82, 2.24) is 10.6 Å². The minimum atomic E-state index is -0.159. The van der Waals surface area contributed by atoms with Gasteiger partial charge in [-0.15, -0.1) is 11.3 Å². The van der Waals surface area contributed by atoms with Crippen molar-refractivity contribution in [1.29, 1.82) is 0 Å². The topological polar surface area (TPSA) is 58.2 Å². The van der Waals surface area contributed by atoms with Gasteiger partial charge in [0.1, 0.15) is 0 Å². The summed E-state index contributed by atoms with van der Waals surface area (Å²) in [6.45, 7) is 4.14. The first-order valence-electron chi connectivity index (χ1n) is 6.27. The lowest BCUT2D eigenvalue weighted by atomic mass is 10.2. The molecule has 1 aliphatic carbocycles. The van der Waals surface area contributed by atoms with Gasteiger partial charge in [-0.3, -0.25) is 9.59 Å². The number of hydrogen-bond donors (Lipinski definition) is 2. The molecule has 0 aliphatic heterocycles. The Morgan fingerprint density at radius 1 is 1.44 bits per heavy atom. The van der Waals surface area contributed by atoms with Crippen LogP contribution in [0.3, 0.4) is 0 Å². The van der Waals surface area contributed by atoms with Crippen molar-refractivity contribution in [2.24, 2.45) is 0 Å². The maximum Gasteiger partial charge on any atom is 0.261 e. The van der Waals surface area contributed by atoms with E-state index >= 15 is 0 Å². The van der Waals surface area contributed by atoms with E-state index < -0.39 is 0 Å². The van der Waals surface area contributed by atoms with Gasteiger partial charge in [0, 0.05) is 10.9 Å². The third-order valence-electron chi connectivity index (χ3n) is 2.92. The number of hydrogen-bond acceptors (Lipinski definition) is 3. The summed E-state index contributed by atoms with van der Waals surface area (Å²) in [5, 5.41) is 5.49. The summed E-state index contributed by atoms with van der Waals surface area (Å²) in [7, 11) is 0. The summed E-state index contributed by atoms with van der Waals surface area (Å²) in [5.41, 5.74) is 1.15. The van der Waals surface area contributed by atoms with Crippen molar-refractivity contribution >= 4 is 23.2 Å². The molecule has 0 bridgehead atoms. The highest BCUT2D eigenvalue weighted by Gasteiger charge is 2.23. The standard InChI is InChI=1S/C13H18N2O2S/c1-3-10-8(2)6-11(18-10)13(17)14-7-12(16)15-9-4-5-9/h6,9H,3-5,7H2,1-2H3,(H,14,17)(H,15,16). The predicted octanol–water partition coefficient (Wildman–Crippen LogP) is 1.63. The van der Waals surface area contributed by atoms with E-state index in [0.29, 0.717) is 10.9 Å². The summed E-state index contributed by atoms with van der Waals surface area (Å²) in [6.07, 6.45) is 3.05. The number of aryl methyl sites for hydroxylation is 2. The molecule has 0 atom stereocenters. The van der Waals surface area contributed by atoms with Crippen molar-refractivity contribution in [3.63, 3.8) is 0 Å². The first kappa shape index (κ1) is 13.1. The zero-order valence-electron chi connectivity index (χ0n) is 10.7. The van der Waals surface area contributed by atoms with Crippen molar-refractivity contribution in [2.45, 2.75) is 39.2 Å². The maximum absolute atomic E-state index is 11.9. The molecule has 0 radical (unpaired) electrons. The molecule has 2 N–H and O–H groups in total. The molecule has 4 nitrogen and oxygen atoms in total. The second-order valence-electron chi connectivity index (χ2n) is 4.59. The Kier molecular flexibility index (Phi) is 4.01. The number of rotatable bonds is 5. The van der Waals surface area contributed by atoms with Crippen molar-refractivity contribution in [3.8, 4) is 0 Å².